The highest BCUT2D eigenvalue weighted by molar-refractivity contribution is 7.86. The Morgan fingerprint density at radius 3 is 2.48 bits per heavy atom. The van der Waals surface area contributed by atoms with Gasteiger partial charge in [-0.25, -0.2) is 0 Å². The van der Waals surface area contributed by atoms with Crippen LogP contribution < -0.4 is 4.74 Å². The molecule has 0 aromatic heterocycles. The number of oxime groups is 1. The first kappa shape index (κ1) is 15.6. The SMILES string of the molecule is COc1ccc2c(c1)/C(=N/OS(=O)(=O)c1ccc(C)cc1)CC2. The third kappa shape index (κ3) is 3.22. The van der Waals surface area contributed by atoms with E-state index in [2.05, 4.69) is 5.16 Å². The van der Waals surface area contributed by atoms with E-state index in [-0.39, 0.29) is 4.90 Å². The summed E-state index contributed by atoms with van der Waals surface area (Å²) in [5.41, 5.74) is 3.59. The molecule has 0 N–H and O–H groups in total. The molecular formula is C17H17NO4S. The molecule has 2 aromatic rings. The molecule has 5 nitrogen and oxygen atoms in total. The van der Waals surface area contributed by atoms with Gasteiger partial charge in [0.15, 0.2) is 0 Å². The van der Waals surface area contributed by atoms with Gasteiger partial charge in [-0.1, -0.05) is 28.9 Å². The number of benzene rings is 2. The van der Waals surface area contributed by atoms with Crippen molar-refractivity contribution in [2.24, 2.45) is 5.16 Å². The van der Waals surface area contributed by atoms with E-state index in [0.717, 1.165) is 23.1 Å². The largest absolute Gasteiger partial charge is 0.497 e. The van der Waals surface area contributed by atoms with Gasteiger partial charge >= 0.3 is 10.1 Å². The zero-order chi connectivity index (χ0) is 16.4. The van der Waals surface area contributed by atoms with Gasteiger partial charge in [0.1, 0.15) is 10.6 Å². The maximum Gasteiger partial charge on any atom is 0.358 e. The molecule has 0 fully saturated rings. The number of methoxy groups -OCH3 is 1. The van der Waals surface area contributed by atoms with Gasteiger partial charge in [0.25, 0.3) is 0 Å². The molecule has 0 amide bonds. The zero-order valence-electron chi connectivity index (χ0n) is 12.9. The Labute approximate surface area is 135 Å². The summed E-state index contributed by atoms with van der Waals surface area (Å²) < 4.78 is 34.5. The molecule has 3 rings (SSSR count). The van der Waals surface area contributed by atoms with E-state index in [1.165, 1.54) is 12.1 Å². The van der Waals surface area contributed by atoms with Gasteiger partial charge < -0.3 is 4.74 Å². The van der Waals surface area contributed by atoms with Crippen LogP contribution in [0.15, 0.2) is 52.5 Å². The van der Waals surface area contributed by atoms with Crippen molar-refractivity contribution < 1.29 is 17.4 Å². The maximum absolute atomic E-state index is 12.2. The summed E-state index contributed by atoms with van der Waals surface area (Å²) in [6.45, 7) is 1.89. The minimum absolute atomic E-state index is 0.0938. The molecular weight excluding hydrogens is 314 g/mol. The minimum Gasteiger partial charge on any atom is -0.497 e. The molecule has 0 aliphatic heterocycles. The molecule has 0 radical (unpaired) electrons. The monoisotopic (exact) mass is 331 g/mol. The van der Waals surface area contributed by atoms with Crippen LogP contribution in [0.5, 0.6) is 5.75 Å². The lowest BCUT2D eigenvalue weighted by atomic mass is 10.1. The average Bonchev–Trinajstić information content (AvgIpc) is 2.95. The molecule has 2 aromatic carbocycles. The van der Waals surface area contributed by atoms with Crippen LogP contribution in [0.1, 0.15) is 23.1 Å². The Bertz CT molecular complexity index is 855. The van der Waals surface area contributed by atoms with Gasteiger partial charge in [0.2, 0.25) is 0 Å². The Balaban J connectivity index is 1.86. The highest BCUT2D eigenvalue weighted by Crippen LogP contribution is 2.27. The van der Waals surface area contributed by atoms with E-state index >= 15 is 0 Å². The molecule has 6 heteroatoms. The molecule has 0 heterocycles. The average molecular weight is 331 g/mol. The third-order valence-electron chi connectivity index (χ3n) is 3.81. The second-order valence-corrected chi connectivity index (χ2v) is 6.93. The van der Waals surface area contributed by atoms with Gasteiger partial charge in [-0.15, -0.1) is 0 Å². The second kappa shape index (κ2) is 6.04. The Morgan fingerprint density at radius 2 is 1.78 bits per heavy atom. The van der Waals surface area contributed by atoms with Crippen molar-refractivity contribution >= 4 is 15.8 Å². The van der Waals surface area contributed by atoms with Crippen LogP contribution in [-0.4, -0.2) is 21.2 Å². The van der Waals surface area contributed by atoms with Crippen molar-refractivity contribution in [1.82, 2.24) is 0 Å². The van der Waals surface area contributed by atoms with E-state index in [1.54, 1.807) is 19.2 Å². The van der Waals surface area contributed by atoms with E-state index in [4.69, 9.17) is 9.02 Å². The van der Waals surface area contributed by atoms with Crippen molar-refractivity contribution in [3.8, 4) is 5.75 Å². The van der Waals surface area contributed by atoms with Crippen LogP contribution in [-0.2, 0) is 20.8 Å². The van der Waals surface area contributed by atoms with Gasteiger partial charge in [0.05, 0.1) is 12.8 Å². The van der Waals surface area contributed by atoms with Gasteiger partial charge in [0, 0.05) is 5.56 Å². The highest BCUT2D eigenvalue weighted by atomic mass is 32.2. The number of nitrogens with zero attached hydrogens (tertiary/aromatic N) is 1. The molecule has 1 aliphatic rings. The van der Waals surface area contributed by atoms with Crippen LogP contribution in [0.3, 0.4) is 0 Å². The molecule has 0 unspecified atom stereocenters. The van der Waals surface area contributed by atoms with Crippen LogP contribution >= 0.6 is 0 Å². The summed E-state index contributed by atoms with van der Waals surface area (Å²) in [6, 6.07) is 12.2. The number of hydrogen-bond donors (Lipinski definition) is 0. The van der Waals surface area contributed by atoms with E-state index in [1.807, 2.05) is 25.1 Å². The number of hydrogen-bond acceptors (Lipinski definition) is 5. The van der Waals surface area contributed by atoms with Crippen LogP contribution in [0.2, 0.25) is 0 Å². The topological polar surface area (TPSA) is 65.0 Å². The Kier molecular flexibility index (Phi) is 4.09. The second-order valence-electron chi connectivity index (χ2n) is 5.40. The Morgan fingerprint density at radius 1 is 1.04 bits per heavy atom. The quantitative estimate of drug-likeness (QED) is 0.808. The molecule has 0 saturated heterocycles. The first-order valence-electron chi connectivity index (χ1n) is 7.24. The summed E-state index contributed by atoms with van der Waals surface area (Å²) in [4.78, 5) is 0.0938. The first-order valence-corrected chi connectivity index (χ1v) is 8.65. The highest BCUT2D eigenvalue weighted by Gasteiger charge is 2.21. The standard InChI is InChI=1S/C17H17NO4S/c1-12-3-8-15(9-4-12)23(19,20)22-18-17-10-6-13-5-7-14(21-2)11-16(13)17/h3-5,7-9,11H,6,10H2,1-2H3/b18-17+. The predicted octanol–water partition coefficient (Wildman–Crippen LogP) is 3.06. The number of rotatable bonds is 4. The van der Waals surface area contributed by atoms with Crippen LogP contribution in [0.25, 0.3) is 0 Å². The lowest BCUT2D eigenvalue weighted by molar-refractivity contribution is 0.338. The van der Waals surface area contributed by atoms with Crippen molar-refractivity contribution in [3.05, 3.63) is 59.2 Å². The molecule has 1 aliphatic carbocycles. The number of ether oxygens (including phenoxy) is 1. The van der Waals surface area contributed by atoms with Crippen molar-refractivity contribution in [3.63, 3.8) is 0 Å². The summed E-state index contributed by atoms with van der Waals surface area (Å²) in [6.07, 6.45) is 1.46. The third-order valence-corrected chi connectivity index (χ3v) is 4.93. The van der Waals surface area contributed by atoms with Crippen LogP contribution in [0, 0.1) is 6.92 Å². The summed E-state index contributed by atoms with van der Waals surface area (Å²) in [5.74, 6) is 0.708. The van der Waals surface area contributed by atoms with Gasteiger partial charge in [-0.3, -0.25) is 4.28 Å². The molecule has 120 valence electrons. The zero-order valence-corrected chi connectivity index (χ0v) is 13.8. The smallest absolute Gasteiger partial charge is 0.358 e. The normalized spacial score (nSPS) is 15.5. The van der Waals surface area contributed by atoms with E-state index < -0.39 is 10.1 Å². The molecule has 0 spiro atoms. The lowest BCUT2D eigenvalue weighted by Gasteiger charge is -2.05. The predicted molar refractivity (Wildman–Crippen MR) is 87.3 cm³/mol. The molecule has 0 atom stereocenters. The van der Waals surface area contributed by atoms with E-state index in [0.29, 0.717) is 17.9 Å². The van der Waals surface area contributed by atoms with Crippen molar-refractivity contribution in [2.75, 3.05) is 7.11 Å². The molecule has 0 saturated carbocycles. The first-order chi connectivity index (χ1) is 11.0. The summed E-state index contributed by atoms with van der Waals surface area (Å²) in [7, 11) is -2.31. The van der Waals surface area contributed by atoms with Crippen molar-refractivity contribution in [2.45, 2.75) is 24.7 Å². The number of aryl methyl sites for hydroxylation is 2. The lowest BCUT2D eigenvalue weighted by Crippen LogP contribution is -2.05. The fourth-order valence-electron chi connectivity index (χ4n) is 2.49. The number of fused-ring (bicyclic) bond motifs is 1. The van der Waals surface area contributed by atoms with Crippen LogP contribution in [0.4, 0.5) is 0 Å². The summed E-state index contributed by atoms with van der Waals surface area (Å²) >= 11 is 0. The Hall–Kier alpha value is -2.34. The molecule has 0 bridgehead atoms. The van der Waals surface area contributed by atoms with Gasteiger partial charge in [-0.05, 0) is 49.6 Å². The van der Waals surface area contributed by atoms with Gasteiger partial charge in [-0.2, -0.15) is 8.42 Å². The summed E-state index contributed by atoms with van der Waals surface area (Å²) in [5, 5.41) is 3.88. The minimum atomic E-state index is -3.90. The van der Waals surface area contributed by atoms with Crippen molar-refractivity contribution in [1.29, 1.82) is 0 Å². The van der Waals surface area contributed by atoms with E-state index in [9.17, 15) is 8.42 Å². The fraction of sp³-hybridized carbons (Fsp3) is 0.235. The maximum atomic E-state index is 12.2. The molecule has 23 heavy (non-hydrogen) atoms. The fourth-order valence-corrected chi connectivity index (χ4v) is 3.24.